The lowest BCUT2D eigenvalue weighted by atomic mass is 10.2. The van der Waals surface area contributed by atoms with E-state index in [1.165, 1.54) is 23.1 Å². The Kier molecular flexibility index (Phi) is 4.21. The third-order valence-corrected chi connectivity index (χ3v) is 4.61. The SMILES string of the molecule is O=S(=O)(Nc1ccnn1-c1ccccn1)c1ccc(C(F)(F)F)cc1. The molecular formula is C15H11F3N4O2S. The summed E-state index contributed by atoms with van der Waals surface area (Å²) in [5.74, 6) is 0.496. The van der Waals surface area contributed by atoms with E-state index in [0.717, 1.165) is 12.1 Å². The molecule has 130 valence electrons. The van der Waals surface area contributed by atoms with Crippen LogP contribution in [0.5, 0.6) is 0 Å². The highest BCUT2D eigenvalue weighted by molar-refractivity contribution is 7.92. The molecule has 0 spiro atoms. The number of anilines is 1. The molecule has 0 saturated carbocycles. The first-order valence-corrected chi connectivity index (χ1v) is 8.41. The van der Waals surface area contributed by atoms with Crippen LogP contribution in [0.1, 0.15) is 5.56 Å². The van der Waals surface area contributed by atoms with Crippen LogP contribution in [0, 0.1) is 0 Å². The van der Waals surface area contributed by atoms with Crippen molar-refractivity contribution in [1.29, 1.82) is 0 Å². The van der Waals surface area contributed by atoms with Crippen molar-refractivity contribution in [3.8, 4) is 5.82 Å². The molecule has 0 amide bonds. The van der Waals surface area contributed by atoms with E-state index in [4.69, 9.17) is 0 Å². The third kappa shape index (κ3) is 3.63. The molecular weight excluding hydrogens is 357 g/mol. The van der Waals surface area contributed by atoms with Crippen LogP contribution in [0.15, 0.2) is 65.8 Å². The maximum absolute atomic E-state index is 12.6. The second-order valence-corrected chi connectivity index (χ2v) is 6.63. The lowest BCUT2D eigenvalue weighted by molar-refractivity contribution is -0.137. The summed E-state index contributed by atoms with van der Waals surface area (Å²) in [5.41, 5.74) is -0.926. The van der Waals surface area contributed by atoms with Crippen LogP contribution in [0.2, 0.25) is 0 Å². The van der Waals surface area contributed by atoms with E-state index in [0.29, 0.717) is 18.0 Å². The van der Waals surface area contributed by atoms with Crippen LogP contribution < -0.4 is 4.72 Å². The standard InChI is InChI=1S/C15H11F3N4O2S/c16-15(17,18)11-4-6-12(7-5-11)25(23,24)21-14-8-10-20-22(14)13-3-1-2-9-19-13/h1-10,21H. The summed E-state index contributed by atoms with van der Waals surface area (Å²) in [4.78, 5) is 3.77. The Bertz CT molecular complexity index is 968. The van der Waals surface area contributed by atoms with E-state index in [2.05, 4.69) is 14.8 Å². The largest absolute Gasteiger partial charge is 0.416 e. The van der Waals surface area contributed by atoms with Crippen LogP contribution in [0.3, 0.4) is 0 Å². The molecule has 3 rings (SSSR count). The highest BCUT2D eigenvalue weighted by atomic mass is 32.2. The second kappa shape index (κ2) is 6.20. The summed E-state index contributed by atoms with van der Waals surface area (Å²) in [7, 11) is -4.08. The van der Waals surface area contributed by atoms with Gasteiger partial charge in [-0.3, -0.25) is 4.72 Å². The molecule has 0 bridgehead atoms. The molecule has 0 aliphatic rings. The van der Waals surface area contributed by atoms with E-state index in [9.17, 15) is 21.6 Å². The first-order valence-electron chi connectivity index (χ1n) is 6.93. The van der Waals surface area contributed by atoms with Gasteiger partial charge in [-0.2, -0.15) is 23.0 Å². The van der Waals surface area contributed by atoms with E-state index in [-0.39, 0.29) is 10.7 Å². The van der Waals surface area contributed by atoms with Crippen molar-refractivity contribution in [2.45, 2.75) is 11.1 Å². The Morgan fingerprint density at radius 1 is 0.960 bits per heavy atom. The van der Waals surface area contributed by atoms with Gasteiger partial charge >= 0.3 is 6.18 Å². The molecule has 2 heterocycles. The molecule has 6 nitrogen and oxygen atoms in total. The number of benzene rings is 1. The normalized spacial score (nSPS) is 12.1. The van der Waals surface area contributed by atoms with Crippen LogP contribution in [-0.4, -0.2) is 23.2 Å². The number of rotatable bonds is 4. The predicted molar refractivity (Wildman–Crippen MR) is 83.6 cm³/mol. The summed E-state index contributed by atoms with van der Waals surface area (Å²) in [6, 6.07) is 9.66. The van der Waals surface area contributed by atoms with Crippen molar-refractivity contribution in [1.82, 2.24) is 14.8 Å². The third-order valence-electron chi connectivity index (χ3n) is 3.24. The zero-order valence-corrected chi connectivity index (χ0v) is 13.3. The van der Waals surface area contributed by atoms with E-state index >= 15 is 0 Å². The van der Waals surface area contributed by atoms with Crippen LogP contribution in [-0.2, 0) is 16.2 Å². The fourth-order valence-electron chi connectivity index (χ4n) is 2.06. The molecule has 3 aromatic rings. The monoisotopic (exact) mass is 368 g/mol. The molecule has 10 heteroatoms. The van der Waals surface area contributed by atoms with Gasteiger partial charge in [-0.05, 0) is 36.4 Å². The van der Waals surface area contributed by atoms with Gasteiger partial charge in [0.05, 0.1) is 16.7 Å². The van der Waals surface area contributed by atoms with Crippen molar-refractivity contribution in [3.63, 3.8) is 0 Å². The van der Waals surface area contributed by atoms with Crippen molar-refractivity contribution < 1.29 is 21.6 Å². The van der Waals surface area contributed by atoms with Gasteiger partial charge in [-0.15, -0.1) is 0 Å². The summed E-state index contributed by atoms with van der Waals surface area (Å²) < 4.78 is 66.1. The van der Waals surface area contributed by atoms with Gasteiger partial charge in [0, 0.05) is 12.3 Å². The Morgan fingerprint density at radius 2 is 1.68 bits per heavy atom. The average molecular weight is 368 g/mol. The highest BCUT2D eigenvalue weighted by Crippen LogP contribution is 2.30. The number of nitrogens with one attached hydrogen (secondary N) is 1. The van der Waals surface area contributed by atoms with Crippen LogP contribution in [0.4, 0.5) is 19.0 Å². The zero-order valence-electron chi connectivity index (χ0n) is 12.5. The predicted octanol–water partition coefficient (Wildman–Crippen LogP) is 3.09. The van der Waals surface area contributed by atoms with Gasteiger partial charge in [0.2, 0.25) is 0 Å². The Balaban J connectivity index is 1.90. The van der Waals surface area contributed by atoms with Crippen molar-refractivity contribution >= 4 is 15.8 Å². The average Bonchev–Trinajstić information content (AvgIpc) is 3.02. The number of halogens is 3. The lowest BCUT2D eigenvalue weighted by Crippen LogP contribution is -2.16. The fraction of sp³-hybridized carbons (Fsp3) is 0.0667. The molecule has 0 unspecified atom stereocenters. The summed E-state index contributed by atoms with van der Waals surface area (Å²) in [6.45, 7) is 0. The number of alkyl halides is 3. The zero-order chi connectivity index (χ0) is 18.1. The van der Waals surface area contributed by atoms with E-state index < -0.39 is 21.8 Å². The second-order valence-electron chi connectivity index (χ2n) is 4.94. The van der Waals surface area contributed by atoms with Crippen molar-refractivity contribution in [2.75, 3.05) is 4.72 Å². The molecule has 2 aromatic heterocycles. The highest BCUT2D eigenvalue weighted by Gasteiger charge is 2.30. The molecule has 0 atom stereocenters. The van der Waals surface area contributed by atoms with Crippen molar-refractivity contribution in [3.05, 3.63) is 66.5 Å². The Morgan fingerprint density at radius 3 is 2.28 bits per heavy atom. The molecule has 0 aliphatic heterocycles. The molecule has 0 saturated heterocycles. The lowest BCUT2D eigenvalue weighted by Gasteiger charge is -2.11. The van der Waals surface area contributed by atoms with Gasteiger partial charge in [-0.25, -0.2) is 13.4 Å². The van der Waals surface area contributed by atoms with Gasteiger partial charge in [0.15, 0.2) is 5.82 Å². The maximum Gasteiger partial charge on any atom is 0.416 e. The number of hydrogen-bond donors (Lipinski definition) is 1. The Labute approximate surface area is 141 Å². The maximum atomic E-state index is 12.6. The van der Waals surface area contributed by atoms with Crippen LogP contribution >= 0.6 is 0 Å². The molecule has 25 heavy (non-hydrogen) atoms. The first-order chi connectivity index (χ1) is 11.8. The van der Waals surface area contributed by atoms with Gasteiger partial charge in [0.25, 0.3) is 10.0 Å². The smallest absolute Gasteiger partial charge is 0.263 e. The summed E-state index contributed by atoms with van der Waals surface area (Å²) in [5, 5.41) is 3.99. The Hall–Kier alpha value is -2.88. The molecule has 0 aliphatic carbocycles. The minimum atomic E-state index is -4.53. The number of pyridine rings is 1. The summed E-state index contributed by atoms with van der Waals surface area (Å²) >= 11 is 0. The fourth-order valence-corrected chi connectivity index (χ4v) is 3.10. The van der Waals surface area contributed by atoms with Gasteiger partial charge in [-0.1, -0.05) is 6.07 Å². The molecule has 0 radical (unpaired) electrons. The minimum Gasteiger partial charge on any atom is -0.263 e. The van der Waals surface area contributed by atoms with E-state index in [1.54, 1.807) is 18.2 Å². The molecule has 0 fully saturated rings. The quantitative estimate of drug-likeness (QED) is 0.768. The number of aromatic nitrogens is 3. The first kappa shape index (κ1) is 17.0. The number of sulfonamides is 1. The van der Waals surface area contributed by atoms with Crippen LogP contribution in [0.25, 0.3) is 5.82 Å². The summed E-state index contributed by atoms with van der Waals surface area (Å²) in [6.07, 6.45) is -1.64. The van der Waals surface area contributed by atoms with Gasteiger partial charge in [0.1, 0.15) is 5.82 Å². The molecule has 1 N–H and O–H groups in total. The molecule has 1 aromatic carbocycles. The number of nitrogens with zero attached hydrogens (tertiary/aromatic N) is 3. The van der Waals surface area contributed by atoms with E-state index in [1.807, 2.05) is 0 Å². The minimum absolute atomic E-state index is 0.110. The van der Waals surface area contributed by atoms with Crippen molar-refractivity contribution in [2.24, 2.45) is 0 Å². The number of hydrogen-bond acceptors (Lipinski definition) is 4. The van der Waals surface area contributed by atoms with Gasteiger partial charge < -0.3 is 0 Å². The topological polar surface area (TPSA) is 76.9 Å².